The Bertz CT molecular complexity index is 1670. The SMILES string of the molecule is CCCCCCN(C(=O)[C@@H](NC(=O)[C@H]1CCCCN1C)[C@@H](C)CC)[C@H](C[C@@H](OC(C)=O)c1nc(C(=O)NC(Cc2ccc(N)cc2)CC(C)(C)C(=O)NN)cs1)C(C)C. The minimum absolute atomic E-state index is 0.0492. The van der Waals surface area contributed by atoms with Crippen molar-refractivity contribution in [3.63, 3.8) is 0 Å². The second-order valence-corrected chi connectivity index (χ2v) is 18.2. The Balaban J connectivity index is 1.94. The number of hydrogen-bond donors (Lipinski definition) is 5. The van der Waals surface area contributed by atoms with E-state index in [1.807, 2.05) is 51.8 Å². The minimum atomic E-state index is -0.900. The van der Waals surface area contributed by atoms with Crippen molar-refractivity contribution in [3.8, 4) is 0 Å². The predicted molar refractivity (Wildman–Crippen MR) is 234 cm³/mol. The van der Waals surface area contributed by atoms with Crippen molar-refractivity contribution < 1.29 is 28.7 Å². The first kappa shape index (κ1) is 49.3. The summed E-state index contributed by atoms with van der Waals surface area (Å²) in [5.41, 5.74) is 8.92. The Morgan fingerprint density at radius 2 is 1.73 bits per heavy atom. The van der Waals surface area contributed by atoms with E-state index in [1.54, 1.807) is 31.4 Å². The highest BCUT2D eigenvalue weighted by molar-refractivity contribution is 7.09. The van der Waals surface area contributed by atoms with Gasteiger partial charge in [-0.3, -0.25) is 34.3 Å². The van der Waals surface area contributed by atoms with E-state index >= 15 is 0 Å². The minimum Gasteiger partial charge on any atom is -0.455 e. The van der Waals surface area contributed by atoms with Gasteiger partial charge in [0.15, 0.2) is 6.10 Å². The van der Waals surface area contributed by atoms with Crippen molar-refractivity contribution in [2.45, 2.75) is 156 Å². The Kier molecular flexibility index (Phi) is 19.7. The van der Waals surface area contributed by atoms with Crippen molar-refractivity contribution in [1.82, 2.24) is 30.8 Å². The molecule has 3 rings (SSSR count). The molecule has 4 amide bonds. The first-order chi connectivity index (χ1) is 27.9. The monoisotopic (exact) mass is 841 g/mol. The number of thiazole rings is 1. The van der Waals surface area contributed by atoms with Crippen LogP contribution in [0.25, 0.3) is 0 Å². The third-order valence-corrected chi connectivity index (χ3v) is 12.6. The van der Waals surface area contributed by atoms with E-state index in [-0.39, 0.29) is 60.2 Å². The molecule has 0 radical (unpaired) electrons. The van der Waals surface area contributed by atoms with Gasteiger partial charge in [0.05, 0.1) is 6.04 Å². The van der Waals surface area contributed by atoms with Gasteiger partial charge in [0.25, 0.3) is 5.91 Å². The molecule has 1 aromatic carbocycles. The first-order valence-electron chi connectivity index (χ1n) is 21.5. The van der Waals surface area contributed by atoms with Crippen LogP contribution in [0.5, 0.6) is 0 Å². The number of carbonyl (C=O) groups is 5. The normalized spacial score (nSPS) is 17.3. The van der Waals surface area contributed by atoms with Crippen LogP contribution in [0.4, 0.5) is 5.69 Å². The summed E-state index contributed by atoms with van der Waals surface area (Å²) in [4.78, 5) is 76.5. The number of nitrogen functional groups attached to an aromatic ring is 1. The lowest BCUT2D eigenvalue weighted by Crippen LogP contribution is -2.59. The third kappa shape index (κ3) is 14.9. The molecule has 59 heavy (non-hydrogen) atoms. The van der Waals surface area contributed by atoms with Crippen molar-refractivity contribution >= 4 is 46.6 Å². The molecule has 14 nitrogen and oxygen atoms in total. The van der Waals surface area contributed by atoms with E-state index in [2.05, 4.69) is 27.9 Å². The van der Waals surface area contributed by atoms with Crippen LogP contribution in [0.1, 0.15) is 147 Å². The fourth-order valence-electron chi connectivity index (χ4n) is 7.86. The fraction of sp³-hybridized carbons (Fsp3) is 0.682. The van der Waals surface area contributed by atoms with E-state index < -0.39 is 35.5 Å². The molecule has 7 N–H and O–H groups in total. The number of carbonyl (C=O) groups excluding carboxylic acids is 5. The van der Waals surface area contributed by atoms with E-state index in [0.29, 0.717) is 30.1 Å². The number of amides is 4. The number of nitrogens with zero attached hydrogens (tertiary/aromatic N) is 3. The van der Waals surface area contributed by atoms with Crippen LogP contribution >= 0.6 is 11.3 Å². The van der Waals surface area contributed by atoms with E-state index in [9.17, 15) is 24.0 Å². The van der Waals surface area contributed by atoms with Crippen LogP contribution < -0.4 is 27.6 Å². The molecule has 1 aliphatic heterocycles. The number of ether oxygens (including phenoxy) is 1. The summed E-state index contributed by atoms with van der Waals surface area (Å²) in [7, 11) is 1.96. The van der Waals surface area contributed by atoms with Gasteiger partial charge in [0.1, 0.15) is 16.7 Å². The molecule has 330 valence electrons. The maximum Gasteiger partial charge on any atom is 0.303 e. The molecule has 1 fully saturated rings. The van der Waals surface area contributed by atoms with E-state index in [1.165, 1.54) is 18.3 Å². The van der Waals surface area contributed by atoms with Gasteiger partial charge in [-0.1, -0.05) is 92.7 Å². The molecular formula is C44H72N8O6S. The Morgan fingerprint density at radius 3 is 2.32 bits per heavy atom. The number of nitrogens with two attached hydrogens (primary N) is 2. The Morgan fingerprint density at radius 1 is 1.03 bits per heavy atom. The largest absolute Gasteiger partial charge is 0.455 e. The van der Waals surface area contributed by atoms with Crippen LogP contribution in [0.3, 0.4) is 0 Å². The summed E-state index contributed by atoms with van der Waals surface area (Å²) in [5, 5.41) is 8.33. The van der Waals surface area contributed by atoms with Gasteiger partial charge in [-0.05, 0) is 75.2 Å². The number of likely N-dealkylation sites (tertiary alicyclic amines) is 1. The number of rotatable bonds is 23. The number of nitrogens with one attached hydrogen (secondary N) is 3. The highest BCUT2D eigenvalue weighted by Gasteiger charge is 2.39. The number of benzene rings is 1. The lowest BCUT2D eigenvalue weighted by Gasteiger charge is -2.40. The van der Waals surface area contributed by atoms with Crippen molar-refractivity contribution in [2.24, 2.45) is 23.1 Å². The summed E-state index contributed by atoms with van der Waals surface area (Å²) in [6, 6.07) is 5.48. The van der Waals surface area contributed by atoms with E-state index in [0.717, 1.165) is 57.1 Å². The zero-order chi connectivity index (χ0) is 43.9. The van der Waals surface area contributed by atoms with Gasteiger partial charge in [-0.2, -0.15) is 0 Å². The lowest BCUT2D eigenvalue weighted by molar-refractivity contribution is -0.149. The number of aromatic nitrogens is 1. The summed E-state index contributed by atoms with van der Waals surface area (Å²) in [5.74, 6) is 3.75. The zero-order valence-corrected chi connectivity index (χ0v) is 37.8. The molecule has 1 saturated heterocycles. The number of hydrazine groups is 1. The van der Waals surface area contributed by atoms with Crippen LogP contribution in [0, 0.1) is 17.3 Å². The Labute approximate surface area is 356 Å². The molecule has 1 unspecified atom stereocenters. The summed E-state index contributed by atoms with van der Waals surface area (Å²) < 4.78 is 5.94. The molecule has 6 atom stereocenters. The zero-order valence-electron chi connectivity index (χ0n) is 37.0. The van der Waals surface area contributed by atoms with Gasteiger partial charge in [0.2, 0.25) is 17.7 Å². The average Bonchev–Trinajstić information content (AvgIpc) is 3.69. The van der Waals surface area contributed by atoms with Crippen LogP contribution in [0.2, 0.25) is 0 Å². The van der Waals surface area contributed by atoms with E-state index in [4.69, 9.17) is 21.3 Å². The fourth-order valence-corrected chi connectivity index (χ4v) is 8.70. The maximum absolute atomic E-state index is 14.9. The molecule has 1 aromatic heterocycles. The molecular weight excluding hydrogens is 769 g/mol. The average molecular weight is 841 g/mol. The second kappa shape index (κ2) is 23.6. The molecule has 2 aromatic rings. The van der Waals surface area contributed by atoms with Crippen LogP contribution in [-0.4, -0.2) is 88.7 Å². The van der Waals surface area contributed by atoms with Gasteiger partial charge in [-0.15, -0.1) is 11.3 Å². The number of esters is 1. The highest BCUT2D eigenvalue weighted by Crippen LogP contribution is 2.32. The first-order valence-corrected chi connectivity index (χ1v) is 22.4. The summed E-state index contributed by atoms with van der Waals surface area (Å²) in [6.07, 6.45) is 7.39. The topological polar surface area (TPSA) is 202 Å². The third-order valence-electron chi connectivity index (χ3n) is 11.6. The molecule has 0 saturated carbocycles. The molecule has 1 aliphatic rings. The molecule has 15 heteroatoms. The second-order valence-electron chi connectivity index (χ2n) is 17.3. The summed E-state index contributed by atoms with van der Waals surface area (Å²) in [6.45, 7) is 16.5. The molecule has 0 bridgehead atoms. The number of unbranched alkanes of at least 4 members (excludes halogenated alkanes) is 3. The van der Waals surface area contributed by atoms with Gasteiger partial charge in [0, 0.05) is 48.5 Å². The maximum atomic E-state index is 14.9. The smallest absolute Gasteiger partial charge is 0.303 e. The van der Waals surface area contributed by atoms with Crippen molar-refractivity contribution in [2.75, 3.05) is 25.9 Å². The van der Waals surface area contributed by atoms with Crippen LogP contribution in [0.15, 0.2) is 29.6 Å². The number of likely N-dealkylation sites (N-methyl/N-ethyl adjacent to an activating group) is 1. The molecule has 0 spiro atoms. The molecule has 0 aliphatic carbocycles. The standard InChI is InChI=1S/C44H72N8O6S/c1-10-12-13-15-23-52(42(56)38(29(5)11-2)49-40(55)35-17-14-16-22-51(35)9)36(28(3)4)25-37(58-30(6)53)41-48-34(27-59-41)39(54)47-33(26-44(7,8)43(57)50-46)24-31-18-20-32(45)21-19-31/h18-21,27-29,33,35-38H,10-17,22-26,45-46H2,1-9H3,(H,47,54)(H,49,55)(H,50,57)/t29-,33?,35+,36+,37+,38-/m0/s1. The highest BCUT2D eigenvalue weighted by atomic mass is 32.1. The Hall–Kier alpha value is -4.08. The van der Waals surface area contributed by atoms with Crippen LogP contribution in [-0.2, 0) is 30.3 Å². The van der Waals surface area contributed by atoms with Gasteiger partial charge in [-0.25, -0.2) is 10.8 Å². The predicted octanol–water partition coefficient (Wildman–Crippen LogP) is 5.92. The number of piperidine rings is 1. The van der Waals surface area contributed by atoms with Gasteiger partial charge < -0.3 is 26.0 Å². The number of hydrogen-bond acceptors (Lipinski definition) is 11. The lowest BCUT2D eigenvalue weighted by atomic mass is 9.83. The molecule has 2 heterocycles. The quantitative estimate of drug-likeness (QED) is 0.0224. The van der Waals surface area contributed by atoms with Crippen molar-refractivity contribution in [3.05, 3.63) is 45.9 Å². The van der Waals surface area contributed by atoms with Gasteiger partial charge >= 0.3 is 5.97 Å². The number of anilines is 1. The van der Waals surface area contributed by atoms with Crippen molar-refractivity contribution in [1.29, 1.82) is 0 Å². The summed E-state index contributed by atoms with van der Waals surface area (Å²) >= 11 is 1.21.